The van der Waals surface area contributed by atoms with Crippen LogP contribution in [0.3, 0.4) is 0 Å². The van der Waals surface area contributed by atoms with Gasteiger partial charge < -0.3 is 9.64 Å². The molecule has 2 aliphatic heterocycles. The van der Waals surface area contributed by atoms with Gasteiger partial charge in [-0.1, -0.05) is 0 Å². The van der Waals surface area contributed by atoms with Crippen LogP contribution in [-0.2, 0) is 14.6 Å². The number of hydrogen-bond acceptors (Lipinski definition) is 7. The van der Waals surface area contributed by atoms with E-state index >= 15 is 0 Å². The van der Waals surface area contributed by atoms with E-state index in [0.29, 0.717) is 32.2 Å². The van der Waals surface area contributed by atoms with E-state index in [1.54, 1.807) is 0 Å². The summed E-state index contributed by atoms with van der Waals surface area (Å²) in [5, 5.41) is 11.5. The van der Waals surface area contributed by atoms with Crippen LogP contribution in [0.5, 0.6) is 0 Å². The minimum atomic E-state index is -4.89. The second-order valence-corrected chi connectivity index (χ2v) is 9.00. The Morgan fingerprint density at radius 3 is 2.61 bits per heavy atom. The maximum absolute atomic E-state index is 12.8. The summed E-state index contributed by atoms with van der Waals surface area (Å²) in [4.78, 5) is 14.2. The lowest BCUT2D eigenvalue weighted by Gasteiger charge is -2.37. The number of alkyl halides is 2. The lowest BCUT2D eigenvalue weighted by atomic mass is 9.96. The Hall–Kier alpha value is -1.85. The van der Waals surface area contributed by atoms with Crippen molar-refractivity contribution in [3.8, 4) is 0 Å². The minimum Gasteiger partial charge on any atom is -0.379 e. The summed E-state index contributed by atoms with van der Waals surface area (Å²) in [5.41, 5.74) is -0.196. The number of nitrogens with zero attached hydrogens (tertiary/aromatic N) is 3. The van der Waals surface area contributed by atoms with Crippen LogP contribution in [0.25, 0.3) is 0 Å². The Balaban J connectivity index is 1.80. The van der Waals surface area contributed by atoms with Crippen molar-refractivity contribution in [3.63, 3.8) is 0 Å². The first-order valence-electron chi connectivity index (χ1n) is 9.14. The average molecular weight is 419 g/mol. The van der Waals surface area contributed by atoms with Crippen LogP contribution in [0.15, 0.2) is 23.1 Å². The van der Waals surface area contributed by atoms with E-state index < -0.39 is 31.1 Å². The van der Waals surface area contributed by atoms with Gasteiger partial charge >= 0.3 is 5.76 Å². The Morgan fingerprint density at radius 1 is 1.25 bits per heavy atom. The molecule has 0 saturated carbocycles. The van der Waals surface area contributed by atoms with E-state index in [0.717, 1.165) is 44.6 Å². The number of morpholine rings is 1. The number of sulfone groups is 1. The molecule has 1 atom stereocenters. The van der Waals surface area contributed by atoms with E-state index in [1.165, 1.54) is 6.07 Å². The number of hydrogen-bond donors (Lipinski definition) is 0. The lowest BCUT2D eigenvalue weighted by Crippen LogP contribution is -2.44. The van der Waals surface area contributed by atoms with Crippen LogP contribution in [-0.4, -0.2) is 69.9 Å². The zero-order valence-electron chi connectivity index (χ0n) is 15.3. The molecule has 2 saturated heterocycles. The van der Waals surface area contributed by atoms with Gasteiger partial charge in [-0.15, -0.1) is 0 Å². The molecule has 0 bridgehead atoms. The smallest absolute Gasteiger partial charge is 0.341 e. The molecule has 1 unspecified atom stereocenters. The van der Waals surface area contributed by atoms with Gasteiger partial charge in [0.15, 0.2) is 0 Å². The van der Waals surface area contributed by atoms with Gasteiger partial charge in [-0.3, -0.25) is 15.0 Å². The normalized spacial score (nSPS) is 21.8. The topological polar surface area (TPSA) is 93.0 Å². The minimum absolute atomic E-state index is 0.268. The number of anilines is 1. The predicted octanol–water partition coefficient (Wildman–Crippen LogP) is 2.14. The van der Waals surface area contributed by atoms with E-state index in [2.05, 4.69) is 4.90 Å². The maximum Gasteiger partial charge on any atom is 0.341 e. The second-order valence-electron chi connectivity index (χ2n) is 7.08. The Morgan fingerprint density at radius 2 is 1.96 bits per heavy atom. The summed E-state index contributed by atoms with van der Waals surface area (Å²) in [6.07, 6.45) is 1.85. The third kappa shape index (κ3) is 4.58. The van der Waals surface area contributed by atoms with Crippen LogP contribution >= 0.6 is 0 Å². The molecule has 2 aliphatic rings. The van der Waals surface area contributed by atoms with Gasteiger partial charge in [-0.05, 0) is 30.9 Å². The molecule has 2 fully saturated rings. The maximum atomic E-state index is 12.8. The molecular weight excluding hydrogens is 396 g/mol. The number of halogens is 2. The number of piperidine rings is 1. The van der Waals surface area contributed by atoms with E-state index in [9.17, 15) is 27.3 Å². The summed E-state index contributed by atoms with van der Waals surface area (Å²) in [7, 11) is -4.89. The highest BCUT2D eigenvalue weighted by molar-refractivity contribution is 7.91. The first-order valence-corrected chi connectivity index (χ1v) is 10.7. The fourth-order valence-corrected chi connectivity index (χ4v) is 4.52. The molecule has 11 heteroatoms. The van der Waals surface area contributed by atoms with Gasteiger partial charge in [-0.2, -0.15) is 8.78 Å². The molecule has 0 radical (unpaired) electrons. The van der Waals surface area contributed by atoms with E-state index in [1.807, 2.05) is 4.90 Å². The number of benzene rings is 1. The SMILES string of the molecule is O=[N+]([O-])c1cc(S(=O)(=O)C(F)F)ccc1N1CCCC(CN2CCOCC2)C1. The van der Waals surface area contributed by atoms with Crippen LogP contribution in [0, 0.1) is 16.0 Å². The highest BCUT2D eigenvalue weighted by Gasteiger charge is 2.32. The molecule has 1 aromatic rings. The average Bonchev–Trinajstić information content (AvgIpc) is 2.68. The first kappa shape index (κ1) is 20.9. The van der Waals surface area contributed by atoms with Gasteiger partial charge in [0.25, 0.3) is 5.69 Å². The molecule has 8 nitrogen and oxygen atoms in total. The number of nitro groups is 1. The third-order valence-corrected chi connectivity index (χ3v) is 6.57. The third-order valence-electron chi connectivity index (χ3n) is 5.19. The standard InChI is InChI=1S/C17H23F2N3O5S/c18-17(19)28(25,26)14-3-4-15(16(10-14)22(23)24)21-5-1-2-13(12-21)11-20-6-8-27-9-7-20/h3-4,10,13,17H,1-2,5-9,11-12H2. The first-order chi connectivity index (χ1) is 13.3. The van der Waals surface area contributed by atoms with Crippen molar-refractivity contribution >= 4 is 21.2 Å². The summed E-state index contributed by atoms with van der Waals surface area (Å²) >= 11 is 0. The van der Waals surface area contributed by atoms with Crippen molar-refractivity contribution in [2.45, 2.75) is 23.5 Å². The fraction of sp³-hybridized carbons (Fsp3) is 0.647. The van der Waals surface area contributed by atoms with Crippen LogP contribution in [0.2, 0.25) is 0 Å². The Bertz CT molecular complexity index is 815. The van der Waals surface area contributed by atoms with Gasteiger partial charge in [0.1, 0.15) is 5.69 Å². The number of ether oxygens (including phenoxy) is 1. The van der Waals surface area contributed by atoms with Crippen molar-refractivity contribution in [1.82, 2.24) is 4.90 Å². The molecule has 28 heavy (non-hydrogen) atoms. The monoisotopic (exact) mass is 419 g/mol. The fourth-order valence-electron chi connectivity index (χ4n) is 3.78. The quantitative estimate of drug-likeness (QED) is 0.515. The Labute approximate surface area is 162 Å². The molecular formula is C17H23F2N3O5S. The van der Waals surface area contributed by atoms with Crippen molar-refractivity contribution < 1.29 is 26.9 Å². The largest absolute Gasteiger partial charge is 0.379 e. The summed E-state index contributed by atoms with van der Waals surface area (Å²) < 4.78 is 54.2. The Kier molecular flexibility index (Phi) is 6.46. The van der Waals surface area contributed by atoms with Crippen molar-refractivity contribution in [1.29, 1.82) is 0 Å². The lowest BCUT2D eigenvalue weighted by molar-refractivity contribution is -0.384. The van der Waals surface area contributed by atoms with Crippen molar-refractivity contribution in [2.24, 2.45) is 5.92 Å². The summed E-state index contributed by atoms with van der Waals surface area (Å²) in [6, 6.07) is 3.03. The summed E-state index contributed by atoms with van der Waals surface area (Å²) in [6.45, 7) is 5.17. The summed E-state index contributed by atoms with van der Waals surface area (Å²) in [5.74, 6) is -3.30. The molecule has 3 rings (SSSR count). The molecule has 0 N–H and O–H groups in total. The molecule has 1 aromatic carbocycles. The zero-order valence-corrected chi connectivity index (χ0v) is 16.1. The van der Waals surface area contributed by atoms with Crippen LogP contribution in [0.4, 0.5) is 20.2 Å². The zero-order chi connectivity index (χ0) is 20.3. The molecule has 0 aliphatic carbocycles. The van der Waals surface area contributed by atoms with E-state index in [4.69, 9.17) is 4.74 Å². The van der Waals surface area contributed by atoms with Gasteiger partial charge in [0.05, 0.1) is 23.0 Å². The van der Waals surface area contributed by atoms with Crippen molar-refractivity contribution in [3.05, 3.63) is 28.3 Å². The van der Waals surface area contributed by atoms with Gasteiger partial charge in [0.2, 0.25) is 9.84 Å². The van der Waals surface area contributed by atoms with Crippen LogP contribution < -0.4 is 4.90 Å². The second kappa shape index (κ2) is 8.66. The predicted molar refractivity (Wildman–Crippen MR) is 98.5 cm³/mol. The van der Waals surface area contributed by atoms with Crippen molar-refractivity contribution in [2.75, 3.05) is 50.8 Å². The highest BCUT2D eigenvalue weighted by atomic mass is 32.2. The number of nitro benzene ring substituents is 1. The highest BCUT2D eigenvalue weighted by Crippen LogP contribution is 2.34. The molecule has 0 amide bonds. The van der Waals surface area contributed by atoms with Crippen LogP contribution in [0.1, 0.15) is 12.8 Å². The van der Waals surface area contributed by atoms with Gasteiger partial charge in [0, 0.05) is 38.8 Å². The molecule has 156 valence electrons. The molecule has 0 spiro atoms. The molecule has 0 aromatic heterocycles. The number of rotatable bonds is 6. The van der Waals surface area contributed by atoms with Gasteiger partial charge in [-0.25, -0.2) is 8.42 Å². The molecule has 2 heterocycles. The van der Waals surface area contributed by atoms with E-state index in [-0.39, 0.29) is 5.69 Å².